The number of carbonyl (C=O) groups is 2. The third kappa shape index (κ3) is 4.07. The minimum atomic E-state index is -0.502. The molecule has 3 rings (SSSR count). The molecular formula is C17H23N5O2S. The zero-order valence-electron chi connectivity index (χ0n) is 14.5. The summed E-state index contributed by atoms with van der Waals surface area (Å²) in [6, 6.07) is 3.38. The van der Waals surface area contributed by atoms with Gasteiger partial charge < -0.3 is 10.2 Å². The SMILES string of the molecule is CC(C)C(NC(=O)c1cccs1)C(=O)N1CCC(n2cncn2)CC1. The molecule has 7 nitrogen and oxygen atoms in total. The lowest BCUT2D eigenvalue weighted by Gasteiger charge is -2.35. The number of piperidine rings is 1. The Kier molecular flexibility index (Phi) is 5.47. The Balaban J connectivity index is 1.60. The van der Waals surface area contributed by atoms with Gasteiger partial charge in [-0.25, -0.2) is 9.67 Å². The molecule has 8 heteroatoms. The molecule has 0 aliphatic carbocycles. The van der Waals surface area contributed by atoms with Crippen LogP contribution in [0.25, 0.3) is 0 Å². The topological polar surface area (TPSA) is 80.1 Å². The van der Waals surface area contributed by atoms with Crippen molar-refractivity contribution in [3.63, 3.8) is 0 Å². The number of amides is 2. The van der Waals surface area contributed by atoms with Crippen LogP contribution in [0.5, 0.6) is 0 Å². The van der Waals surface area contributed by atoms with Crippen LogP contribution in [0.15, 0.2) is 30.2 Å². The largest absolute Gasteiger partial charge is 0.341 e. The third-order valence-corrected chi connectivity index (χ3v) is 5.42. The van der Waals surface area contributed by atoms with E-state index >= 15 is 0 Å². The molecule has 0 saturated carbocycles. The van der Waals surface area contributed by atoms with Crippen LogP contribution in [-0.2, 0) is 4.79 Å². The van der Waals surface area contributed by atoms with Crippen molar-refractivity contribution in [3.05, 3.63) is 35.0 Å². The van der Waals surface area contributed by atoms with E-state index in [1.54, 1.807) is 12.4 Å². The molecule has 2 aromatic heterocycles. The molecule has 1 N–H and O–H groups in total. The van der Waals surface area contributed by atoms with Gasteiger partial charge in [-0.3, -0.25) is 9.59 Å². The second-order valence-corrected chi connectivity index (χ2v) is 7.55. The predicted molar refractivity (Wildman–Crippen MR) is 95.3 cm³/mol. The van der Waals surface area contributed by atoms with Gasteiger partial charge in [-0.05, 0) is 30.2 Å². The van der Waals surface area contributed by atoms with Gasteiger partial charge in [0.1, 0.15) is 18.7 Å². The molecule has 0 spiro atoms. The zero-order chi connectivity index (χ0) is 17.8. The van der Waals surface area contributed by atoms with E-state index in [1.165, 1.54) is 17.7 Å². The van der Waals surface area contributed by atoms with E-state index in [9.17, 15) is 9.59 Å². The Hall–Kier alpha value is -2.22. The fraction of sp³-hybridized carbons (Fsp3) is 0.529. The fourth-order valence-electron chi connectivity index (χ4n) is 3.09. The van der Waals surface area contributed by atoms with Crippen molar-refractivity contribution in [1.29, 1.82) is 0 Å². The van der Waals surface area contributed by atoms with Crippen LogP contribution in [0.3, 0.4) is 0 Å². The molecule has 3 heterocycles. The number of likely N-dealkylation sites (tertiary alicyclic amines) is 1. The van der Waals surface area contributed by atoms with Crippen LogP contribution in [0.1, 0.15) is 42.4 Å². The number of rotatable bonds is 5. The van der Waals surface area contributed by atoms with Crippen LogP contribution in [0, 0.1) is 5.92 Å². The van der Waals surface area contributed by atoms with Crippen molar-refractivity contribution >= 4 is 23.2 Å². The highest BCUT2D eigenvalue weighted by atomic mass is 32.1. The van der Waals surface area contributed by atoms with Gasteiger partial charge in [-0.1, -0.05) is 19.9 Å². The highest BCUT2D eigenvalue weighted by Crippen LogP contribution is 2.22. The van der Waals surface area contributed by atoms with E-state index in [0.29, 0.717) is 18.0 Å². The molecule has 0 bridgehead atoms. The molecule has 1 atom stereocenters. The predicted octanol–water partition coefficient (Wildman–Crippen LogP) is 1.96. The molecule has 134 valence electrons. The molecule has 2 amide bonds. The first-order valence-electron chi connectivity index (χ1n) is 8.53. The second-order valence-electron chi connectivity index (χ2n) is 6.60. The van der Waals surface area contributed by atoms with Gasteiger partial charge in [-0.2, -0.15) is 5.10 Å². The summed E-state index contributed by atoms with van der Waals surface area (Å²) in [5.41, 5.74) is 0. The number of hydrogen-bond donors (Lipinski definition) is 1. The average molecular weight is 361 g/mol. The van der Waals surface area contributed by atoms with E-state index in [0.717, 1.165) is 12.8 Å². The third-order valence-electron chi connectivity index (χ3n) is 4.55. The van der Waals surface area contributed by atoms with Crippen LogP contribution in [0.2, 0.25) is 0 Å². The van der Waals surface area contributed by atoms with Gasteiger partial charge in [0, 0.05) is 13.1 Å². The number of thiophene rings is 1. The minimum Gasteiger partial charge on any atom is -0.341 e. The van der Waals surface area contributed by atoms with Crippen molar-refractivity contribution in [2.45, 2.75) is 38.8 Å². The van der Waals surface area contributed by atoms with Crippen molar-refractivity contribution in [3.8, 4) is 0 Å². The van der Waals surface area contributed by atoms with Gasteiger partial charge in [0.05, 0.1) is 10.9 Å². The average Bonchev–Trinajstić information content (AvgIpc) is 3.32. The summed E-state index contributed by atoms with van der Waals surface area (Å²) in [4.78, 5) is 31.7. The van der Waals surface area contributed by atoms with Crippen molar-refractivity contribution in [1.82, 2.24) is 25.0 Å². The number of aromatic nitrogens is 3. The van der Waals surface area contributed by atoms with E-state index in [2.05, 4.69) is 15.4 Å². The highest BCUT2D eigenvalue weighted by molar-refractivity contribution is 7.12. The standard InChI is InChI=1S/C17H23N5O2S/c1-12(2)15(20-16(23)14-4-3-9-25-14)17(24)21-7-5-13(6-8-21)22-11-18-10-19-22/h3-4,9-13,15H,5-8H2,1-2H3,(H,20,23). The lowest BCUT2D eigenvalue weighted by Crippen LogP contribution is -2.53. The molecule has 25 heavy (non-hydrogen) atoms. The molecule has 1 unspecified atom stereocenters. The molecule has 2 aromatic rings. The zero-order valence-corrected chi connectivity index (χ0v) is 15.3. The van der Waals surface area contributed by atoms with E-state index in [4.69, 9.17) is 0 Å². The Morgan fingerprint density at radius 3 is 2.64 bits per heavy atom. The number of nitrogens with zero attached hydrogens (tertiary/aromatic N) is 4. The summed E-state index contributed by atoms with van der Waals surface area (Å²) >= 11 is 1.38. The first-order chi connectivity index (χ1) is 12.1. The van der Waals surface area contributed by atoms with Crippen LogP contribution >= 0.6 is 11.3 Å². The van der Waals surface area contributed by atoms with Crippen LogP contribution in [-0.4, -0.2) is 50.6 Å². The van der Waals surface area contributed by atoms with Gasteiger partial charge in [0.15, 0.2) is 0 Å². The van der Waals surface area contributed by atoms with Gasteiger partial charge in [0.25, 0.3) is 5.91 Å². The van der Waals surface area contributed by atoms with Gasteiger partial charge in [-0.15, -0.1) is 11.3 Å². The summed E-state index contributed by atoms with van der Waals surface area (Å²) in [6.07, 6.45) is 4.95. The van der Waals surface area contributed by atoms with E-state index in [1.807, 2.05) is 34.9 Å². The van der Waals surface area contributed by atoms with Gasteiger partial charge >= 0.3 is 0 Å². The quantitative estimate of drug-likeness (QED) is 0.883. The molecule has 0 aromatic carbocycles. The van der Waals surface area contributed by atoms with Crippen molar-refractivity contribution in [2.75, 3.05) is 13.1 Å². The first-order valence-corrected chi connectivity index (χ1v) is 9.41. The van der Waals surface area contributed by atoms with Crippen molar-refractivity contribution < 1.29 is 9.59 Å². The fourth-order valence-corrected chi connectivity index (χ4v) is 3.71. The minimum absolute atomic E-state index is 0.00283. The molecule has 1 fully saturated rings. The maximum Gasteiger partial charge on any atom is 0.262 e. The Morgan fingerprint density at radius 2 is 2.08 bits per heavy atom. The highest BCUT2D eigenvalue weighted by Gasteiger charge is 2.32. The van der Waals surface area contributed by atoms with Gasteiger partial charge in [0.2, 0.25) is 5.91 Å². The number of hydrogen-bond acceptors (Lipinski definition) is 5. The Morgan fingerprint density at radius 1 is 1.32 bits per heavy atom. The van der Waals surface area contributed by atoms with Crippen molar-refractivity contribution in [2.24, 2.45) is 5.92 Å². The first kappa shape index (κ1) is 17.6. The van der Waals surface area contributed by atoms with E-state index < -0.39 is 6.04 Å². The molecule has 1 saturated heterocycles. The summed E-state index contributed by atoms with van der Waals surface area (Å²) in [7, 11) is 0. The molecular weight excluding hydrogens is 338 g/mol. The summed E-state index contributed by atoms with van der Waals surface area (Å²) in [5.74, 6) is -0.152. The molecule has 1 aliphatic heterocycles. The number of nitrogens with one attached hydrogen (secondary N) is 1. The van der Waals surface area contributed by atoms with Crippen LogP contribution < -0.4 is 5.32 Å². The normalized spacial score (nSPS) is 16.8. The lowest BCUT2D eigenvalue weighted by atomic mass is 9.99. The lowest BCUT2D eigenvalue weighted by molar-refractivity contribution is -0.135. The molecule has 1 aliphatic rings. The van der Waals surface area contributed by atoms with Crippen LogP contribution in [0.4, 0.5) is 0 Å². The van der Waals surface area contributed by atoms with E-state index in [-0.39, 0.29) is 23.8 Å². The Bertz CT molecular complexity index is 691. The number of carbonyl (C=O) groups excluding carboxylic acids is 2. The summed E-state index contributed by atoms with van der Waals surface area (Å²) in [5, 5.41) is 8.95. The summed E-state index contributed by atoms with van der Waals surface area (Å²) < 4.78 is 1.86. The monoisotopic (exact) mass is 361 g/mol. The Labute approximate surface area is 151 Å². The maximum absolute atomic E-state index is 12.9. The summed E-state index contributed by atoms with van der Waals surface area (Å²) in [6.45, 7) is 5.25. The smallest absolute Gasteiger partial charge is 0.262 e. The second kappa shape index (κ2) is 7.77. The maximum atomic E-state index is 12.9. The molecule has 0 radical (unpaired) electrons.